The van der Waals surface area contributed by atoms with Gasteiger partial charge in [-0.1, -0.05) is 13.8 Å². The van der Waals surface area contributed by atoms with Gasteiger partial charge in [0.2, 0.25) is 5.88 Å². The first-order chi connectivity index (χ1) is 9.93. The predicted molar refractivity (Wildman–Crippen MR) is 81.0 cm³/mol. The first kappa shape index (κ1) is 15.6. The van der Waals surface area contributed by atoms with Crippen LogP contribution >= 0.6 is 0 Å². The second kappa shape index (κ2) is 6.30. The van der Waals surface area contributed by atoms with Crippen LogP contribution in [0.25, 0.3) is 0 Å². The molecule has 1 aromatic heterocycles. The van der Waals surface area contributed by atoms with E-state index in [9.17, 15) is 4.79 Å². The third-order valence-electron chi connectivity index (χ3n) is 3.39. The van der Waals surface area contributed by atoms with E-state index in [1.165, 1.54) is 6.20 Å². The molecule has 2 rings (SSSR count). The zero-order valence-electron chi connectivity index (χ0n) is 13.1. The molecule has 0 unspecified atom stereocenters. The average molecular weight is 293 g/mol. The number of hydrogen-bond donors (Lipinski definition) is 1. The van der Waals surface area contributed by atoms with Gasteiger partial charge in [0.1, 0.15) is 12.3 Å². The molecule has 0 fully saturated rings. The number of rotatable bonds is 5. The van der Waals surface area contributed by atoms with Crippen molar-refractivity contribution in [1.82, 2.24) is 10.3 Å². The maximum atomic E-state index is 12.1. The molecular weight excluding hydrogens is 270 g/mol. The average Bonchev–Trinajstić information content (AvgIpc) is 2.45. The second-order valence-electron chi connectivity index (χ2n) is 6.09. The monoisotopic (exact) mass is 293 g/mol. The van der Waals surface area contributed by atoms with Crippen molar-refractivity contribution in [3.8, 4) is 5.88 Å². The number of ether oxygens (including phenoxy) is 2. The Morgan fingerprint density at radius 1 is 1.57 bits per heavy atom. The molecule has 1 N–H and O–H groups in total. The summed E-state index contributed by atoms with van der Waals surface area (Å²) in [6.45, 7) is 6.61. The first-order valence-corrected chi connectivity index (χ1v) is 7.09. The Morgan fingerprint density at radius 2 is 2.33 bits per heavy atom. The van der Waals surface area contributed by atoms with Crippen molar-refractivity contribution in [3.05, 3.63) is 17.8 Å². The summed E-state index contributed by atoms with van der Waals surface area (Å²) >= 11 is 0. The maximum Gasteiger partial charge on any atom is 0.339 e. The Morgan fingerprint density at radius 3 is 3.05 bits per heavy atom. The zero-order chi connectivity index (χ0) is 15.5. The van der Waals surface area contributed by atoms with E-state index in [-0.39, 0.29) is 11.4 Å². The highest BCUT2D eigenvalue weighted by Crippen LogP contribution is 2.29. The molecule has 21 heavy (non-hydrogen) atoms. The summed E-state index contributed by atoms with van der Waals surface area (Å²) < 4.78 is 10.9. The Kier molecular flexibility index (Phi) is 4.67. The number of anilines is 1. The molecule has 1 aromatic rings. The van der Waals surface area contributed by atoms with Crippen LogP contribution < -0.4 is 15.0 Å². The topological polar surface area (TPSA) is 63.7 Å². The van der Waals surface area contributed by atoms with Crippen LogP contribution in [0.2, 0.25) is 0 Å². The molecule has 0 aliphatic carbocycles. The molecule has 0 bridgehead atoms. The molecule has 6 heteroatoms. The van der Waals surface area contributed by atoms with Gasteiger partial charge in [-0.2, -0.15) is 0 Å². The van der Waals surface area contributed by atoms with Crippen molar-refractivity contribution in [2.45, 2.75) is 13.8 Å². The maximum absolute atomic E-state index is 12.1. The Balaban J connectivity index is 2.05. The number of esters is 1. The normalized spacial score (nSPS) is 14.4. The highest BCUT2D eigenvalue weighted by molar-refractivity contribution is 5.90. The number of fused-ring (bicyclic) bond motifs is 1. The zero-order valence-corrected chi connectivity index (χ0v) is 13.1. The summed E-state index contributed by atoms with van der Waals surface area (Å²) in [5, 5.41) is 3.09. The minimum atomic E-state index is -0.353. The van der Waals surface area contributed by atoms with Crippen LogP contribution in [0.5, 0.6) is 5.88 Å². The van der Waals surface area contributed by atoms with Crippen LogP contribution in [0.3, 0.4) is 0 Å². The third kappa shape index (κ3) is 3.85. The van der Waals surface area contributed by atoms with Crippen molar-refractivity contribution >= 4 is 11.7 Å². The predicted octanol–water partition coefficient (Wildman–Crippen LogP) is 1.31. The molecule has 0 spiro atoms. The van der Waals surface area contributed by atoms with Crippen LogP contribution in [0.15, 0.2) is 12.3 Å². The fourth-order valence-corrected chi connectivity index (χ4v) is 2.21. The Labute approximate surface area is 125 Å². The van der Waals surface area contributed by atoms with E-state index in [0.29, 0.717) is 24.7 Å². The number of aromatic nitrogens is 1. The molecule has 116 valence electrons. The highest BCUT2D eigenvalue weighted by atomic mass is 16.5. The number of carbonyl (C=O) groups excluding carboxylic acids is 1. The quantitative estimate of drug-likeness (QED) is 0.826. The summed E-state index contributed by atoms with van der Waals surface area (Å²) in [5.41, 5.74) is 1.17. The Bertz CT molecular complexity index is 517. The van der Waals surface area contributed by atoms with Gasteiger partial charge in [0, 0.05) is 25.2 Å². The highest BCUT2D eigenvalue weighted by Gasteiger charge is 2.22. The molecule has 0 saturated carbocycles. The van der Waals surface area contributed by atoms with E-state index in [1.54, 1.807) is 6.07 Å². The summed E-state index contributed by atoms with van der Waals surface area (Å²) in [6, 6.07) is 1.77. The molecule has 0 aromatic carbocycles. The number of likely N-dealkylation sites (N-methyl/N-ethyl adjacent to an activating group) is 1. The Hall–Kier alpha value is -1.82. The van der Waals surface area contributed by atoms with Gasteiger partial charge in [-0.15, -0.1) is 0 Å². The van der Waals surface area contributed by atoms with Gasteiger partial charge in [0.05, 0.1) is 18.7 Å². The molecule has 0 amide bonds. The summed E-state index contributed by atoms with van der Waals surface area (Å²) in [6.07, 6.45) is 1.51. The first-order valence-electron chi connectivity index (χ1n) is 7.09. The second-order valence-corrected chi connectivity index (χ2v) is 6.09. The molecule has 0 saturated heterocycles. The van der Waals surface area contributed by atoms with Gasteiger partial charge in [0.25, 0.3) is 0 Å². The largest absolute Gasteiger partial charge is 0.474 e. The summed E-state index contributed by atoms with van der Waals surface area (Å²) in [4.78, 5) is 18.4. The molecule has 6 nitrogen and oxygen atoms in total. The smallest absolute Gasteiger partial charge is 0.339 e. The molecule has 0 atom stereocenters. The lowest BCUT2D eigenvalue weighted by atomic mass is 9.95. The van der Waals surface area contributed by atoms with Gasteiger partial charge in [0.15, 0.2) is 0 Å². The van der Waals surface area contributed by atoms with Gasteiger partial charge in [-0.05, 0) is 13.1 Å². The van der Waals surface area contributed by atoms with Gasteiger partial charge in [-0.25, -0.2) is 9.78 Å². The lowest BCUT2D eigenvalue weighted by Crippen LogP contribution is -2.32. The molecule has 1 aliphatic heterocycles. The van der Waals surface area contributed by atoms with E-state index in [4.69, 9.17) is 9.47 Å². The lowest BCUT2D eigenvalue weighted by Gasteiger charge is -2.27. The fourth-order valence-electron chi connectivity index (χ4n) is 2.21. The molecule has 2 heterocycles. The number of nitrogens with zero attached hydrogens (tertiary/aromatic N) is 2. The van der Waals surface area contributed by atoms with Crippen LogP contribution in [-0.2, 0) is 4.74 Å². The number of carbonyl (C=O) groups is 1. The summed E-state index contributed by atoms with van der Waals surface area (Å²) in [5.74, 6) is 0.212. The SMILES string of the molecule is CNCC(C)(C)COC(=O)c1cnc2c(c1)N(C)CCO2. The van der Waals surface area contributed by atoms with Crippen LogP contribution in [-0.4, -0.2) is 51.4 Å². The van der Waals surface area contributed by atoms with Gasteiger partial charge in [-0.3, -0.25) is 0 Å². The summed E-state index contributed by atoms with van der Waals surface area (Å²) in [7, 11) is 3.83. The van der Waals surface area contributed by atoms with E-state index in [1.807, 2.05) is 32.8 Å². The van der Waals surface area contributed by atoms with Crippen LogP contribution in [0, 0.1) is 5.41 Å². The van der Waals surface area contributed by atoms with Gasteiger partial charge < -0.3 is 19.7 Å². The van der Waals surface area contributed by atoms with Crippen LogP contribution in [0.1, 0.15) is 24.2 Å². The van der Waals surface area contributed by atoms with Crippen molar-refractivity contribution in [1.29, 1.82) is 0 Å². The fraction of sp³-hybridized carbons (Fsp3) is 0.600. The number of nitrogens with one attached hydrogen (secondary N) is 1. The van der Waals surface area contributed by atoms with E-state index < -0.39 is 0 Å². The van der Waals surface area contributed by atoms with Crippen molar-refractivity contribution < 1.29 is 14.3 Å². The van der Waals surface area contributed by atoms with Crippen molar-refractivity contribution in [3.63, 3.8) is 0 Å². The minimum Gasteiger partial charge on any atom is -0.474 e. The van der Waals surface area contributed by atoms with Gasteiger partial charge >= 0.3 is 5.97 Å². The molecular formula is C15H23N3O3. The van der Waals surface area contributed by atoms with E-state index in [0.717, 1.165) is 18.8 Å². The van der Waals surface area contributed by atoms with Crippen molar-refractivity contribution in [2.24, 2.45) is 5.41 Å². The molecule has 1 aliphatic rings. The number of pyridine rings is 1. The lowest BCUT2D eigenvalue weighted by molar-refractivity contribution is 0.0344. The third-order valence-corrected chi connectivity index (χ3v) is 3.39. The minimum absolute atomic E-state index is 0.105. The standard InChI is InChI=1S/C15H23N3O3/c1-15(2,9-16-3)10-21-14(19)11-7-12-13(17-8-11)20-6-5-18(12)4/h7-8,16H,5-6,9-10H2,1-4H3. The van der Waals surface area contributed by atoms with E-state index >= 15 is 0 Å². The van der Waals surface area contributed by atoms with E-state index in [2.05, 4.69) is 10.3 Å². The van der Waals surface area contributed by atoms with Crippen LogP contribution in [0.4, 0.5) is 5.69 Å². The number of hydrogen-bond acceptors (Lipinski definition) is 6. The molecule has 0 radical (unpaired) electrons. The van der Waals surface area contributed by atoms with Crippen molar-refractivity contribution in [2.75, 3.05) is 45.3 Å².